The number of hydrogen-bond donors (Lipinski definition) is 2. The van der Waals surface area contributed by atoms with E-state index < -0.39 is 10.0 Å². The first-order chi connectivity index (χ1) is 12.0. The van der Waals surface area contributed by atoms with Gasteiger partial charge in [-0.1, -0.05) is 0 Å². The molecule has 2 N–H and O–H groups in total. The molecule has 8 nitrogen and oxygen atoms in total. The third-order valence-corrected chi connectivity index (χ3v) is 5.77. The molecule has 140 valence electrons. The molecule has 1 saturated heterocycles. The summed E-state index contributed by atoms with van der Waals surface area (Å²) in [5.74, 6) is 0.287. The first-order valence-electron chi connectivity index (χ1n) is 7.78. The summed E-state index contributed by atoms with van der Waals surface area (Å²) in [5, 5.41) is 6.33. The van der Waals surface area contributed by atoms with E-state index in [2.05, 4.69) is 10.6 Å². The summed E-state index contributed by atoms with van der Waals surface area (Å²) in [5.41, 5.74) is 0.558. The number of thiocarbonyl (C=S) groups is 1. The molecule has 1 aromatic carbocycles. The van der Waals surface area contributed by atoms with Crippen LogP contribution in [0.3, 0.4) is 0 Å². The number of rotatable bonds is 7. The molecule has 10 heteroatoms. The lowest BCUT2D eigenvalue weighted by Gasteiger charge is -2.27. The molecular weight excluding hydrogens is 366 g/mol. The van der Waals surface area contributed by atoms with Crippen LogP contribution in [0, 0.1) is 0 Å². The number of ether oxygens (including phenoxy) is 3. The number of nitrogens with zero attached hydrogens (tertiary/aromatic N) is 1. The zero-order valence-corrected chi connectivity index (χ0v) is 15.9. The van der Waals surface area contributed by atoms with Crippen molar-refractivity contribution >= 4 is 33.0 Å². The van der Waals surface area contributed by atoms with Gasteiger partial charge in [0.05, 0.1) is 26.9 Å². The van der Waals surface area contributed by atoms with Crippen LogP contribution < -0.4 is 15.4 Å². The molecule has 1 aliphatic rings. The van der Waals surface area contributed by atoms with E-state index in [0.29, 0.717) is 50.3 Å². The Balaban J connectivity index is 2.20. The van der Waals surface area contributed by atoms with Crippen LogP contribution in [0.15, 0.2) is 23.1 Å². The van der Waals surface area contributed by atoms with Crippen LogP contribution in [-0.2, 0) is 19.5 Å². The topological polar surface area (TPSA) is 89.1 Å². The lowest BCUT2D eigenvalue weighted by Crippen LogP contribution is -2.40. The number of nitrogens with one attached hydrogen (secondary N) is 2. The van der Waals surface area contributed by atoms with Gasteiger partial charge >= 0.3 is 0 Å². The maximum atomic E-state index is 12.9. The normalized spacial score (nSPS) is 15.6. The Morgan fingerprint density at radius 2 is 2.04 bits per heavy atom. The minimum absolute atomic E-state index is 0.0987. The molecule has 0 amide bonds. The van der Waals surface area contributed by atoms with Crippen LogP contribution >= 0.6 is 12.2 Å². The molecule has 0 aliphatic carbocycles. The van der Waals surface area contributed by atoms with E-state index in [-0.39, 0.29) is 10.6 Å². The van der Waals surface area contributed by atoms with Gasteiger partial charge in [-0.05, 0) is 30.4 Å². The maximum absolute atomic E-state index is 12.9. The average molecular weight is 389 g/mol. The number of anilines is 1. The number of benzene rings is 1. The van der Waals surface area contributed by atoms with Crippen LogP contribution in [0.25, 0.3) is 0 Å². The van der Waals surface area contributed by atoms with Crippen LogP contribution in [0.2, 0.25) is 0 Å². The van der Waals surface area contributed by atoms with Gasteiger partial charge in [0.1, 0.15) is 10.6 Å². The molecule has 1 aromatic rings. The fraction of sp³-hybridized carbons (Fsp3) is 0.533. The van der Waals surface area contributed by atoms with E-state index in [1.54, 1.807) is 19.2 Å². The van der Waals surface area contributed by atoms with Crippen molar-refractivity contribution in [2.75, 3.05) is 59.0 Å². The van der Waals surface area contributed by atoms with Gasteiger partial charge in [-0.3, -0.25) is 0 Å². The highest BCUT2D eigenvalue weighted by Gasteiger charge is 2.29. The summed E-state index contributed by atoms with van der Waals surface area (Å²) in [4.78, 5) is 0.0987. The first kappa shape index (κ1) is 19.9. The van der Waals surface area contributed by atoms with Gasteiger partial charge in [0.15, 0.2) is 5.11 Å². The lowest BCUT2D eigenvalue weighted by molar-refractivity contribution is 0.0729. The second-order valence-electron chi connectivity index (χ2n) is 5.26. The minimum Gasteiger partial charge on any atom is -0.495 e. The standard InChI is InChI=1S/C15H23N3O5S2/c1-21-8-5-16-15(24)17-12-3-4-13(22-2)14(11-12)25(19,20)18-6-9-23-10-7-18/h3-4,11H,5-10H2,1-2H3,(H2,16,17,24). The number of hydrogen-bond acceptors (Lipinski definition) is 6. The summed E-state index contributed by atoms with van der Waals surface area (Å²) in [6, 6.07) is 4.84. The van der Waals surface area contributed by atoms with E-state index >= 15 is 0 Å². The van der Waals surface area contributed by atoms with E-state index in [1.807, 2.05) is 0 Å². The van der Waals surface area contributed by atoms with Crippen LogP contribution in [0.4, 0.5) is 5.69 Å². The summed E-state index contributed by atoms with van der Waals surface area (Å²) >= 11 is 5.19. The van der Waals surface area contributed by atoms with Crippen LogP contribution in [0.5, 0.6) is 5.75 Å². The molecule has 0 radical (unpaired) electrons. The summed E-state index contributed by atoms with van der Waals surface area (Å²) in [6.07, 6.45) is 0. The fourth-order valence-electron chi connectivity index (χ4n) is 2.32. The predicted octanol–water partition coefficient (Wildman–Crippen LogP) is 0.649. The van der Waals surface area contributed by atoms with E-state index in [9.17, 15) is 8.42 Å². The third-order valence-electron chi connectivity index (χ3n) is 3.60. The van der Waals surface area contributed by atoms with Crippen molar-refractivity contribution in [3.05, 3.63) is 18.2 Å². The van der Waals surface area contributed by atoms with Crippen LogP contribution in [-0.4, -0.2) is 71.5 Å². The van der Waals surface area contributed by atoms with Crippen molar-refractivity contribution < 1.29 is 22.6 Å². The van der Waals surface area contributed by atoms with Crippen molar-refractivity contribution in [1.82, 2.24) is 9.62 Å². The third kappa shape index (κ3) is 5.25. The zero-order valence-electron chi connectivity index (χ0n) is 14.3. The summed E-state index contributed by atoms with van der Waals surface area (Å²) in [6.45, 7) is 2.47. The van der Waals surface area contributed by atoms with Crippen molar-refractivity contribution in [3.63, 3.8) is 0 Å². The zero-order chi connectivity index (χ0) is 18.3. The highest BCUT2D eigenvalue weighted by atomic mass is 32.2. The fourth-order valence-corrected chi connectivity index (χ4v) is 4.13. The monoisotopic (exact) mass is 389 g/mol. The van der Waals surface area contributed by atoms with E-state index in [0.717, 1.165) is 0 Å². The molecule has 1 aliphatic heterocycles. The molecule has 2 rings (SSSR count). The molecule has 25 heavy (non-hydrogen) atoms. The Morgan fingerprint density at radius 1 is 1.32 bits per heavy atom. The van der Waals surface area contributed by atoms with Crippen molar-refractivity contribution in [3.8, 4) is 5.75 Å². The first-order valence-corrected chi connectivity index (χ1v) is 9.63. The molecule has 1 fully saturated rings. The highest BCUT2D eigenvalue weighted by molar-refractivity contribution is 7.89. The Morgan fingerprint density at radius 3 is 2.68 bits per heavy atom. The van der Waals surface area contributed by atoms with Gasteiger partial charge in [-0.15, -0.1) is 0 Å². The van der Waals surface area contributed by atoms with Gasteiger partial charge in [-0.2, -0.15) is 4.31 Å². The van der Waals surface area contributed by atoms with E-state index in [4.69, 9.17) is 26.4 Å². The lowest BCUT2D eigenvalue weighted by atomic mass is 10.3. The second-order valence-corrected chi connectivity index (χ2v) is 7.57. The van der Waals surface area contributed by atoms with Gasteiger partial charge in [0.25, 0.3) is 0 Å². The molecule has 0 aromatic heterocycles. The number of methoxy groups -OCH3 is 2. The number of morpholine rings is 1. The van der Waals surface area contributed by atoms with Gasteiger partial charge < -0.3 is 24.8 Å². The highest BCUT2D eigenvalue weighted by Crippen LogP contribution is 2.30. The van der Waals surface area contributed by atoms with Crippen molar-refractivity contribution in [2.45, 2.75) is 4.90 Å². The van der Waals surface area contributed by atoms with Crippen molar-refractivity contribution in [2.24, 2.45) is 0 Å². The minimum atomic E-state index is -3.68. The Bertz CT molecular complexity index is 690. The van der Waals surface area contributed by atoms with Crippen molar-refractivity contribution in [1.29, 1.82) is 0 Å². The van der Waals surface area contributed by atoms with E-state index in [1.165, 1.54) is 17.5 Å². The molecular formula is C15H23N3O5S2. The summed E-state index contributed by atoms with van der Waals surface area (Å²) in [7, 11) is -0.636. The van der Waals surface area contributed by atoms with Gasteiger partial charge in [0.2, 0.25) is 10.0 Å². The maximum Gasteiger partial charge on any atom is 0.246 e. The average Bonchev–Trinajstić information content (AvgIpc) is 2.62. The Kier molecular flexibility index (Phi) is 7.38. The molecule has 0 spiro atoms. The molecule has 0 unspecified atom stereocenters. The quantitative estimate of drug-likeness (QED) is 0.519. The molecule has 0 bridgehead atoms. The Labute approximate surface area is 153 Å². The second kappa shape index (κ2) is 9.30. The predicted molar refractivity (Wildman–Crippen MR) is 98.7 cm³/mol. The smallest absolute Gasteiger partial charge is 0.246 e. The molecule has 1 heterocycles. The van der Waals surface area contributed by atoms with Crippen LogP contribution in [0.1, 0.15) is 0 Å². The number of sulfonamides is 1. The Hall–Kier alpha value is -1.46. The van der Waals surface area contributed by atoms with Gasteiger partial charge in [-0.25, -0.2) is 8.42 Å². The SMILES string of the molecule is COCCNC(=S)Nc1ccc(OC)c(S(=O)(=O)N2CCOCC2)c1. The largest absolute Gasteiger partial charge is 0.495 e. The molecule has 0 saturated carbocycles. The molecule has 0 atom stereocenters. The van der Waals surface area contributed by atoms with Gasteiger partial charge in [0, 0.05) is 32.4 Å². The summed E-state index contributed by atoms with van der Waals surface area (Å²) < 4.78 is 42.6.